The number of rotatable bonds is 2. The van der Waals surface area contributed by atoms with E-state index in [4.69, 9.17) is 0 Å². The molecule has 0 amide bonds. The molecule has 0 aliphatic carbocycles. The summed E-state index contributed by atoms with van der Waals surface area (Å²) in [7, 11) is 1.96. The number of hydrogen-bond donors (Lipinski definition) is 1. The first kappa shape index (κ1) is 10.6. The van der Waals surface area contributed by atoms with Crippen molar-refractivity contribution in [3.05, 3.63) is 12.7 Å². The zero-order valence-corrected chi connectivity index (χ0v) is 6.20. The predicted molar refractivity (Wildman–Crippen MR) is 40.1 cm³/mol. The van der Waals surface area contributed by atoms with E-state index in [9.17, 15) is 0 Å². The Labute approximate surface area is 52.8 Å². The first-order valence-electron chi connectivity index (χ1n) is 3.05. The van der Waals surface area contributed by atoms with Gasteiger partial charge in [0.05, 0.1) is 0 Å². The van der Waals surface area contributed by atoms with Crippen LogP contribution in [0.5, 0.6) is 0 Å². The molecule has 0 saturated carbocycles. The van der Waals surface area contributed by atoms with E-state index in [1.54, 1.807) is 6.08 Å². The summed E-state index contributed by atoms with van der Waals surface area (Å²) in [6, 6.07) is 0. The van der Waals surface area contributed by atoms with Crippen molar-refractivity contribution in [3.63, 3.8) is 0 Å². The third kappa shape index (κ3) is 43.6. The van der Waals surface area contributed by atoms with Crippen molar-refractivity contribution in [2.45, 2.75) is 20.3 Å². The molecule has 0 atom stereocenters. The molecule has 0 saturated heterocycles. The minimum atomic E-state index is 1.14. The van der Waals surface area contributed by atoms with E-state index in [0.29, 0.717) is 0 Å². The van der Waals surface area contributed by atoms with Crippen LogP contribution in [0.1, 0.15) is 20.3 Å². The molecule has 0 aromatic heterocycles. The molecule has 1 nitrogen and oxygen atoms in total. The molecular weight excluding hydrogens is 98.1 g/mol. The maximum Gasteiger partial charge on any atom is -0.00546 e. The van der Waals surface area contributed by atoms with Gasteiger partial charge in [-0.2, -0.15) is 0 Å². The maximum absolute atomic E-state index is 3.36. The quantitative estimate of drug-likeness (QED) is 0.541. The van der Waals surface area contributed by atoms with Gasteiger partial charge in [-0.25, -0.2) is 0 Å². The first-order valence-corrected chi connectivity index (χ1v) is 3.05. The van der Waals surface area contributed by atoms with Gasteiger partial charge < -0.3 is 5.32 Å². The highest BCUT2D eigenvalue weighted by Gasteiger charge is 1.64. The highest BCUT2D eigenvalue weighted by atomic mass is 14.8. The zero-order valence-electron chi connectivity index (χ0n) is 6.20. The molecule has 1 N–H and O–H groups in total. The Morgan fingerprint density at radius 1 is 1.62 bits per heavy atom. The molecule has 0 unspecified atom stereocenters. The largest absolute Gasteiger partial charge is 0.320 e. The van der Waals surface area contributed by atoms with Crippen LogP contribution in [0, 0.1) is 0 Å². The van der Waals surface area contributed by atoms with Crippen LogP contribution in [0.25, 0.3) is 0 Å². The molecule has 0 rings (SSSR count). The molecule has 0 radical (unpaired) electrons. The van der Waals surface area contributed by atoms with Crippen LogP contribution in [0.2, 0.25) is 0 Å². The Hall–Kier alpha value is -0.300. The molecule has 1 heteroatoms. The lowest BCUT2D eigenvalue weighted by molar-refractivity contribution is 0.772. The standard InChI is InChI=1S/C4H11N.C3H6/c1-3-4-5-2;1-3-2/h5H,3-4H2,1-2H3;3H,1H2,2H3. The van der Waals surface area contributed by atoms with Gasteiger partial charge >= 0.3 is 0 Å². The van der Waals surface area contributed by atoms with Crippen LogP contribution in [-0.4, -0.2) is 13.6 Å². The van der Waals surface area contributed by atoms with Crippen molar-refractivity contribution in [2.75, 3.05) is 13.6 Å². The normalized spacial score (nSPS) is 6.88. The SMILES string of the molecule is C=CC.CCCNC. The van der Waals surface area contributed by atoms with Gasteiger partial charge in [-0.3, -0.25) is 0 Å². The first-order chi connectivity index (χ1) is 3.83. The van der Waals surface area contributed by atoms with Gasteiger partial charge in [-0.15, -0.1) is 6.58 Å². The van der Waals surface area contributed by atoms with Gasteiger partial charge in [0.1, 0.15) is 0 Å². The lowest BCUT2D eigenvalue weighted by Crippen LogP contribution is -2.04. The minimum absolute atomic E-state index is 1.14. The number of allylic oxidation sites excluding steroid dienone is 1. The number of hydrogen-bond acceptors (Lipinski definition) is 1. The van der Waals surface area contributed by atoms with Gasteiger partial charge in [0.25, 0.3) is 0 Å². The summed E-state index contributed by atoms with van der Waals surface area (Å²) in [5.41, 5.74) is 0. The van der Waals surface area contributed by atoms with Crippen molar-refractivity contribution in [1.29, 1.82) is 0 Å². The van der Waals surface area contributed by atoms with Crippen LogP contribution >= 0.6 is 0 Å². The topological polar surface area (TPSA) is 12.0 Å². The van der Waals surface area contributed by atoms with E-state index >= 15 is 0 Å². The molecule has 50 valence electrons. The third-order valence-electron chi connectivity index (χ3n) is 0.500. The molecule has 0 aliphatic rings. The molecule has 8 heavy (non-hydrogen) atoms. The Morgan fingerprint density at radius 3 is 2.00 bits per heavy atom. The smallest absolute Gasteiger partial charge is 0.00546 e. The summed E-state index contributed by atoms with van der Waals surface area (Å²) >= 11 is 0. The van der Waals surface area contributed by atoms with E-state index < -0.39 is 0 Å². The van der Waals surface area contributed by atoms with Crippen LogP contribution in [-0.2, 0) is 0 Å². The van der Waals surface area contributed by atoms with Gasteiger partial charge in [-0.05, 0) is 26.9 Å². The van der Waals surface area contributed by atoms with Crippen LogP contribution < -0.4 is 5.32 Å². The van der Waals surface area contributed by atoms with E-state index in [2.05, 4.69) is 18.8 Å². The maximum atomic E-state index is 3.36. The van der Waals surface area contributed by atoms with Gasteiger partial charge in [-0.1, -0.05) is 13.0 Å². The second-order valence-corrected chi connectivity index (χ2v) is 1.51. The van der Waals surface area contributed by atoms with Crippen LogP contribution in [0.15, 0.2) is 12.7 Å². The van der Waals surface area contributed by atoms with Crippen molar-refractivity contribution in [3.8, 4) is 0 Å². The van der Waals surface area contributed by atoms with Gasteiger partial charge in [0, 0.05) is 0 Å². The summed E-state index contributed by atoms with van der Waals surface area (Å²) in [5, 5.41) is 3.02. The summed E-state index contributed by atoms with van der Waals surface area (Å²) in [5.74, 6) is 0. The molecule has 0 aromatic carbocycles. The Kier molecular flexibility index (Phi) is 21.1. The van der Waals surface area contributed by atoms with Crippen molar-refractivity contribution in [1.82, 2.24) is 5.32 Å². The van der Waals surface area contributed by atoms with Crippen molar-refractivity contribution < 1.29 is 0 Å². The molecule has 0 fully saturated rings. The molecule has 0 heterocycles. The molecular formula is C7H17N. The lowest BCUT2D eigenvalue weighted by atomic mass is 10.5. The van der Waals surface area contributed by atoms with Crippen molar-refractivity contribution >= 4 is 0 Å². The molecule has 0 aromatic rings. The van der Waals surface area contributed by atoms with E-state index in [1.807, 2.05) is 14.0 Å². The highest BCUT2D eigenvalue weighted by Crippen LogP contribution is 1.62. The molecule has 0 bridgehead atoms. The number of nitrogens with one attached hydrogen (secondary N) is 1. The summed E-state index contributed by atoms with van der Waals surface area (Å²) in [6.45, 7) is 8.54. The zero-order chi connectivity index (χ0) is 6.83. The van der Waals surface area contributed by atoms with Crippen molar-refractivity contribution in [2.24, 2.45) is 0 Å². The summed E-state index contributed by atoms with van der Waals surface area (Å²) in [6.07, 6.45) is 2.98. The summed E-state index contributed by atoms with van der Waals surface area (Å²) < 4.78 is 0. The molecule has 0 aliphatic heterocycles. The summed E-state index contributed by atoms with van der Waals surface area (Å²) in [4.78, 5) is 0. The average Bonchev–Trinajstić information content (AvgIpc) is 1.71. The van der Waals surface area contributed by atoms with E-state index in [1.165, 1.54) is 6.42 Å². The van der Waals surface area contributed by atoms with E-state index in [-0.39, 0.29) is 0 Å². The van der Waals surface area contributed by atoms with Gasteiger partial charge in [0.2, 0.25) is 0 Å². The Morgan fingerprint density at radius 2 is 2.00 bits per heavy atom. The highest BCUT2D eigenvalue weighted by molar-refractivity contribution is 4.51. The third-order valence-corrected chi connectivity index (χ3v) is 0.500. The van der Waals surface area contributed by atoms with Crippen LogP contribution in [0.4, 0.5) is 0 Å². The predicted octanol–water partition coefficient (Wildman–Crippen LogP) is 1.81. The van der Waals surface area contributed by atoms with E-state index in [0.717, 1.165) is 6.54 Å². The fourth-order valence-electron chi connectivity index (χ4n) is 0.250. The lowest BCUT2D eigenvalue weighted by Gasteiger charge is -1.84. The van der Waals surface area contributed by atoms with Crippen LogP contribution in [0.3, 0.4) is 0 Å². The Bertz CT molecular complexity index is 31.4. The Balaban J connectivity index is 0. The fraction of sp³-hybridized carbons (Fsp3) is 0.714. The average molecular weight is 115 g/mol. The monoisotopic (exact) mass is 115 g/mol. The fourth-order valence-corrected chi connectivity index (χ4v) is 0.250. The minimum Gasteiger partial charge on any atom is -0.320 e. The molecule has 0 spiro atoms. The van der Waals surface area contributed by atoms with Gasteiger partial charge in [0.15, 0.2) is 0 Å². The second kappa shape index (κ2) is 15.9. The second-order valence-electron chi connectivity index (χ2n) is 1.51.